The van der Waals surface area contributed by atoms with Crippen LogP contribution in [0, 0.1) is 0 Å². The maximum Gasteiger partial charge on any atom is 0.0772 e. The molecular weight excluding hydrogens is 190 g/mol. The number of allylic oxidation sites excluding steroid dienone is 4. The molecule has 0 amide bonds. The van der Waals surface area contributed by atoms with E-state index in [-0.39, 0.29) is 0 Å². The summed E-state index contributed by atoms with van der Waals surface area (Å²) < 4.78 is 0. The quantitative estimate of drug-likeness (QED) is 0.620. The Hall–Kier alpha value is -1.28. The van der Waals surface area contributed by atoms with Gasteiger partial charge in [-0.25, -0.2) is 0 Å². The van der Waals surface area contributed by atoms with Crippen LogP contribution in [0.15, 0.2) is 57.3 Å². The largest absolute Gasteiger partial charge is 0.251 e. The highest BCUT2D eigenvalue weighted by atomic mass is 32.2. The van der Waals surface area contributed by atoms with E-state index in [4.69, 9.17) is 0 Å². The van der Waals surface area contributed by atoms with Gasteiger partial charge in [0.2, 0.25) is 0 Å². The van der Waals surface area contributed by atoms with Gasteiger partial charge in [-0.05, 0) is 18.2 Å². The number of hydrogen-bond donors (Lipinski definition) is 0. The summed E-state index contributed by atoms with van der Waals surface area (Å²) in [5.74, 6) is 0. The summed E-state index contributed by atoms with van der Waals surface area (Å²) in [5, 5.41) is 0. The van der Waals surface area contributed by atoms with Gasteiger partial charge in [0.15, 0.2) is 0 Å². The maximum absolute atomic E-state index is 4.64. The van der Waals surface area contributed by atoms with Crippen molar-refractivity contribution in [3.8, 4) is 0 Å². The number of aliphatic imine (C=N–C) groups is 1. The van der Waals surface area contributed by atoms with Gasteiger partial charge in [-0.2, -0.15) is 0 Å². The van der Waals surface area contributed by atoms with Crippen LogP contribution in [-0.4, -0.2) is 5.71 Å². The first-order chi connectivity index (χ1) is 6.93. The van der Waals surface area contributed by atoms with E-state index in [1.54, 1.807) is 0 Å². The van der Waals surface area contributed by atoms with E-state index < -0.39 is 0 Å². The summed E-state index contributed by atoms with van der Waals surface area (Å²) in [6.45, 7) is 0. The molecule has 1 aliphatic heterocycles. The number of rotatable bonds is 0. The van der Waals surface area contributed by atoms with E-state index in [0.29, 0.717) is 0 Å². The molecule has 3 rings (SSSR count). The Labute approximate surface area is 87.2 Å². The minimum atomic E-state index is 0.965. The lowest BCUT2D eigenvalue weighted by molar-refractivity contribution is 1.31. The van der Waals surface area contributed by atoms with Crippen LogP contribution in [0.1, 0.15) is 6.42 Å². The molecule has 14 heavy (non-hydrogen) atoms. The normalized spacial score (nSPS) is 18.0. The average Bonchev–Trinajstić information content (AvgIpc) is 2.26. The number of para-hydroxylation sites is 1. The molecule has 1 nitrogen and oxygen atoms in total. The van der Waals surface area contributed by atoms with Gasteiger partial charge in [0.1, 0.15) is 0 Å². The third-order valence-electron chi connectivity index (χ3n) is 2.32. The SMILES string of the molecule is C1=CCC2=Nc3ccccc3SC2=C1. The fourth-order valence-corrected chi connectivity index (χ4v) is 2.62. The van der Waals surface area contributed by atoms with Gasteiger partial charge >= 0.3 is 0 Å². The van der Waals surface area contributed by atoms with Crippen LogP contribution in [0.3, 0.4) is 0 Å². The Morgan fingerprint density at radius 1 is 1.21 bits per heavy atom. The van der Waals surface area contributed by atoms with Crippen molar-refractivity contribution in [1.29, 1.82) is 0 Å². The molecule has 0 bridgehead atoms. The van der Waals surface area contributed by atoms with Crippen molar-refractivity contribution in [2.45, 2.75) is 11.3 Å². The van der Waals surface area contributed by atoms with Gasteiger partial charge in [-0.1, -0.05) is 36.0 Å². The zero-order chi connectivity index (χ0) is 9.38. The topological polar surface area (TPSA) is 12.4 Å². The van der Waals surface area contributed by atoms with E-state index in [1.807, 2.05) is 17.8 Å². The van der Waals surface area contributed by atoms with Gasteiger partial charge in [0.25, 0.3) is 0 Å². The number of fused-ring (bicyclic) bond motifs is 2. The summed E-state index contributed by atoms with van der Waals surface area (Å²) in [6.07, 6.45) is 7.36. The average molecular weight is 199 g/mol. The van der Waals surface area contributed by atoms with Crippen LogP contribution in [0.4, 0.5) is 5.69 Å². The molecule has 0 saturated carbocycles. The van der Waals surface area contributed by atoms with E-state index in [0.717, 1.165) is 12.1 Å². The van der Waals surface area contributed by atoms with Crippen molar-refractivity contribution in [2.24, 2.45) is 4.99 Å². The summed E-state index contributed by atoms with van der Waals surface area (Å²) in [7, 11) is 0. The smallest absolute Gasteiger partial charge is 0.0772 e. The molecule has 0 saturated heterocycles. The first-order valence-corrected chi connectivity index (χ1v) is 5.47. The third-order valence-corrected chi connectivity index (χ3v) is 3.48. The highest BCUT2D eigenvalue weighted by Crippen LogP contribution is 2.41. The van der Waals surface area contributed by atoms with E-state index in [1.165, 1.54) is 15.5 Å². The summed E-state index contributed by atoms with van der Waals surface area (Å²) in [6, 6.07) is 8.30. The van der Waals surface area contributed by atoms with Crippen molar-refractivity contribution in [3.05, 3.63) is 47.4 Å². The second-order valence-electron chi connectivity index (χ2n) is 3.29. The lowest BCUT2D eigenvalue weighted by atomic mass is 10.1. The standard InChI is InChI=1S/C12H9NS/c1-3-7-11-9(5-1)13-10-6-2-4-8-12(10)14-11/h1-5,7-8H,6H2. The molecular formula is C12H9NS. The molecule has 68 valence electrons. The molecule has 0 spiro atoms. The highest BCUT2D eigenvalue weighted by molar-refractivity contribution is 8.04. The number of thioether (sulfide) groups is 1. The maximum atomic E-state index is 4.64. The van der Waals surface area contributed by atoms with Crippen LogP contribution in [-0.2, 0) is 0 Å². The number of nitrogens with zero attached hydrogens (tertiary/aromatic N) is 1. The molecule has 0 radical (unpaired) electrons. The molecule has 0 fully saturated rings. The first kappa shape index (κ1) is 8.06. The molecule has 0 atom stereocenters. The van der Waals surface area contributed by atoms with Gasteiger partial charge in [-0.15, -0.1) is 0 Å². The first-order valence-electron chi connectivity index (χ1n) is 4.65. The summed E-state index contributed by atoms with van der Waals surface area (Å²) in [5.41, 5.74) is 2.32. The molecule has 0 N–H and O–H groups in total. The molecule has 2 heteroatoms. The second-order valence-corrected chi connectivity index (χ2v) is 4.38. The van der Waals surface area contributed by atoms with Crippen LogP contribution < -0.4 is 0 Å². The van der Waals surface area contributed by atoms with Crippen molar-refractivity contribution in [2.75, 3.05) is 0 Å². The summed E-state index contributed by atoms with van der Waals surface area (Å²) in [4.78, 5) is 7.20. The van der Waals surface area contributed by atoms with E-state index in [9.17, 15) is 0 Å². The Kier molecular flexibility index (Phi) is 1.81. The minimum Gasteiger partial charge on any atom is -0.251 e. The zero-order valence-corrected chi connectivity index (χ0v) is 8.42. The van der Waals surface area contributed by atoms with E-state index >= 15 is 0 Å². The number of hydrogen-bond acceptors (Lipinski definition) is 2. The lowest BCUT2D eigenvalue weighted by Crippen LogP contribution is -2.04. The monoisotopic (exact) mass is 199 g/mol. The Morgan fingerprint density at radius 2 is 2.14 bits per heavy atom. The molecule has 0 aromatic heterocycles. The third kappa shape index (κ3) is 1.23. The van der Waals surface area contributed by atoms with Gasteiger partial charge in [-0.3, -0.25) is 4.99 Å². The zero-order valence-electron chi connectivity index (χ0n) is 7.60. The molecule has 1 aliphatic carbocycles. The molecule has 1 aromatic rings. The van der Waals surface area contributed by atoms with Crippen LogP contribution in [0.2, 0.25) is 0 Å². The van der Waals surface area contributed by atoms with Crippen LogP contribution >= 0.6 is 11.8 Å². The fraction of sp³-hybridized carbons (Fsp3) is 0.0833. The summed E-state index contributed by atoms with van der Waals surface area (Å²) >= 11 is 1.82. The Balaban J connectivity index is 2.15. The fourth-order valence-electron chi connectivity index (χ4n) is 1.63. The van der Waals surface area contributed by atoms with Gasteiger partial charge in [0, 0.05) is 16.2 Å². The van der Waals surface area contributed by atoms with Crippen molar-refractivity contribution < 1.29 is 0 Å². The predicted molar refractivity (Wildman–Crippen MR) is 61.2 cm³/mol. The van der Waals surface area contributed by atoms with Crippen molar-refractivity contribution >= 4 is 23.2 Å². The second kappa shape index (κ2) is 3.14. The number of benzene rings is 1. The molecule has 0 unspecified atom stereocenters. The minimum absolute atomic E-state index is 0.965. The van der Waals surface area contributed by atoms with Crippen molar-refractivity contribution in [1.82, 2.24) is 0 Å². The van der Waals surface area contributed by atoms with Gasteiger partial charge < -0.3 is 0 Å². The highest BCUT2D eigenvalue weighted by Gasteiger charge is 2.17. The molecule has 2 aliphatic rings. The Bertz CT molecular complexity index is 469. The molecule has 1 heterocycles. The van der Waals surface area contributed by atoms with Crippen molar-refractivity contribution in [3.63, 3.8) is 0 Å². The lowest BCUT2D eigenvalue weighted by Gasteiger charge is -2.18. The van der Waals surface area contributed by atoms with Crippen LogP contribution in [0.5, 0.6) is 0 Å². The predicted octanol–water partition coefficient (Wildman–Crippen LogP) is 3.71. The molecule has 1 aromatic carbocycles. The van der Waals surface area contributed by atoms with E-state index in [2.05, 4.69) is 41.4 Å². The van der Waals surface area contributed by atoms with Gasteiger partial charge in [0.05, 0.1) is 11.4 Å². The van der Waals surface area contributed by atoms with Crippen LogP contribution in [0.25, 0.3) is 0 Å². The Morgan fingerprint density at radius 3 is 3.14 bits per heavy atom.